The Balaban J connectivity index is 1.19. The number of benzene rings is 3. The number of aromatic carboxylic acids is 1. The molecule has 1 N–H and O–H groups in total. The summed E-state index contributed by atoms with van der Waals surface area (Å²) in [5, 5.41) is 18.9. The van der Waals surface area contributed by atoms with Crippen molar-refractivity contribution in [3.63, 3.8) is 0 Å². The van der Waals surface area contributed by atoms with Gasteiger partial charge in [-0.15, -0.1) is 0 Å². The van der Waals surface area contributed by atoms with Crippen LogP contribution in [0.4, 0.5) is 11.4 Å². The summed E-state index contributed by atoms with van der Waals surface area (Å²) in [6, 6.07) is 17.6. The molecule has 2 aliphatic rings. The molecule has 6 heterocycles. The minimum absolute atomic E-state index is 0.0553. The first kappa shape index (κ1) is 42.5. The number of aromatic nitrogens is 5. The second kappa shape index (κ2) is 16.7. The van der Waals surface area contributed by atoms with Crippen molar-refractivity contribution < 1.29 is 19.4 Å². The van der Waals surface area contributed by atoms with E-state index in [0.29, 0.717) is 41.2 Å². The van der Waals surface area contributed by atoms with Crippen molar-refractivity contribution in [2.45, 2.75) is 86.2 Å². The van der Waals surface area contributed by atoms with Gasteiger partial charge < -0.3 is 28.8 Å². The Morgan fingerprint density at radius 2 is 1.67 bits per heavy atom. The van der Waals surface area contributed by atoms with Crippen LogP contribution in [0.5, 0.6) is 5.75 Å². The van der Waals surface area contributed by atoms with Crippen LogP contribution in [0.1, 0.15) is 99.0 Å². The Morgan fingerprint density at radius 1 is 0.921 bits per heavy atom. The lowest BCUT2D eigenvalue weighted by atomic mass is 9.98. The molecule has 0 spiro atoms. The van der Waals surface area contributed by atoms with Crippen LogP contribution in [0, 0.1) is 34.6 Å². The molecule has 0 aliphatic carbocycles. The van der Waals surface area contributed by atoms with Crippen molar-refractivity contribution >= 4 is 68.3 Å². The molecule has 0 bridgehead atoms. The van der Waals surface area contributed by atoms with Gasteiger partial charge >= 0.3 is 5.97 Å². The van der Waals surface area contributed by atoms with E-state index in [2.05, 4.69) is 22.5 Å². The predicted octanol–water partition coefficient (Wildman–Crippen LogP) is 11.2. The number of amides is 1. The third kappa shape index (κ3) is 7.42. The number of carboxylic acid groups (broad SMARTS) is 1. The molecule has 1 amide bonds. The molecule has 3 aromatic carbocycles. The standard InChI is InChI=1S/C50H53Cl2N7O4/c1-28-13-16-41-39(22-28)46(48(50(61)62)57(41)27-34-25-35(17-18-53-34)56-19-9-8-10-20-56)58-26-31(4)59-45-38(14-15-40(51)43(45)42-32(5)54-55(7)33(42)6)37(47(59)49(58)60)12-11-21-63-36-23-29(2)44(52)30(3)24-36/h13-18,22-25,31H,8-12,19-21,26-27H2,1-7H3,(H,61,62)/t31-/m1/s1. The van der Waals surface area contributed by atoms with Crippen LogP contribution in [0.15, 0.2) is 60.8 Å². The minimum atomic E-state index is -1.11. The lowest BCUT2D eigenvalue weighted by molar-refractivity contribution is 0.0687. The number of nitrogens with zero attached hydrogens (tertiary/aromatic N) is 7. The lowest BCUT2D eigenvalue weighted by Crippen LogP contribution is -2.43. The van der Waals surface area contributed by atoms with Gasteiger partial charge in [-0.3, -0.25) is 14.5 Å². The molecule has 1 saturated heterocycles. The van der Waals surface area contributed by atoms with Crippen molar-refractivity contribution in [1.29, 1.82) is 0 Å². The normalized spacial score (nSPS) is 15.5. The molecule has 1 atom stereocenters. The van der Waals surface area contributed by atoms with Crippen LogP contribution in [-0.2, 0) is 20.0 Å². The number of ether oxygens (including phenoxy) is 1. The van der Waals surface area contributed by atoms with E-state index in [1.54, 1.807) is 4.90 Å². The Morgan fingerprint density at radius 3 is 2.37 bits per heavy atom. The highest BCUT2D eigenvalue weighted by Gasteiger charge is 2.40. The molecule has 326 valence electrons. The van der Waals surface area contributed by atoms with E-state index in [4.69, 9.17) is 38.0 Å². The maximum Gasteiger partial charge on any atom is 0.354 e. The van der Waals surface area contributed by atoms with Crippen LogP contribution in [0.3, 0.4) is 0 Å². The minimum Gasteiger partial charge on any atom is -0.494 e. The number of rotatable bonds is 11. The fraction of sp³-hybridized carbons (Fsp3) is 0.360. The first-order valence-electron chi connectivity index (χ1n) is 21.9. The SMILES string of the molecule is Cc1ccc2c(c1)c(N1C[C@@H](C)n3c(c(CCCOc4cc(C)c(Cl)c(C)c4)c4ccc(Cl)c(-c5c(C)nn(C)c5C)c43)C1=O)c(C(=O)O)n2Cc1cc(N2CCCCC2)ccn1. The van der Waals surface area contributed by atoms with Crippen LogP contribution >= 0.6 is 23.2 Å². The fourth-order valence-electron chi connectivity index (χ4n) is 10.1. The number of carbonyl (C=O) groups excluding carboxylic acids is 1. The number of carboxylic acids is 1. The summed E-state index contributed by atoms with van der Waals surface area (Å²) in [5.74, 6) is -0.634. The molecule has 0 unspecified atom stereocenters. The monoisotopic (exact) mass is 885 g/mol. The second-order valence-corrected chi connectivity index (χ2v) is 18.2. The largest absolute Gasteiger partial charge is 0.494 e. The van der Waals surface area contributed by atoms with Gasteiger partial charge in [0.2, 0.25) is 0 Å². The number of halogens is 2. The second-order valence-electron chi connectivity index (χ2n) is 17.4. The van der Waals surface area contributed by atoms with Gasteiger partial charge in [-0.1, -0.05) is 40.9 Å². The number of pyridine rings is 1. The molecule has 11 nitrogen and oxygen atoms in total. The number of anilines is 2. The van der Waals surface area contributed by atoms with Crippen LogP contribution in [-0.4, -0.2) is 67.1 Å². The van der Waals surface area contributed by atoms with Crippen molar-refractivity contribution in [2.75, 3.05) is 36.0 Å². The molecule has 0 saturated carbocycles. The van der Waals surface area contributed by atoms with Crippen molar-refractivity contribution in [3.05, 3.63) is 122 Å². The molecule has 0 radical (unpaired) electrons. The zero-order valence-electron chi connectivity index (χ0n) is 37.0. The summed E-state index contributed by atoms with van der Waals surface area (Å²) in [6.07, 6.45) is 6.45. The molecule has 9 rings (SSSR count). The lowest BCUT2D eigenvalue weighted by Gasteiger charge is -2.34. The summed E-state index contributed by atoms with van der Waals surface area (Å²) in [6.45, 7) is 14.9. The van der Waals surface area contributed by atoms with Crippen molar-refractivity contribution in [1.82, 2.24) is 23.9 Å². The quantitative estimate of drug-likeness (QED) is 0.129. The molecule has 2 aliphatic heterocycles. The summed E-state index contributed by atoms with van der Waals surface area (Å²) in [4.78, 5) is 38.2. The third-order valence-electron chi connectivity index (χ3n) is 13.1. The van der Waals surface area contributed by atoms with Crippen LogP contribution < -0.4 is 14.5 Å². The van der Waals surface area contributed by atoms with E-state index < -0.39 is 5.97 Å². The predicted molar refractivity (Wildman–Crippen MR) is 253 cm³/mol. The number of piperidine rings is 1. The maximum absolute atomic E-state index is 15.7. The highest BCUT2D eigenvalue weighted by Crippen LogP contribution is 2.47. The number of hydrogen-bond donors (Lipinski definition) is 1. The fourth-order valence-corrected chi connectivity index (χ4v) is 10.4. The average molecular weight is 887 g/mol. The van der Waals surface area contributed by atoms with Gasteiger partial charge in [-0.05, 0) is 133 Å². The first-order valence-corrected chi connectivity index (χ1v) is 22.6. The summed E-state index contributed by atoms with van der Waals surface area (Å²) < 4.78 is 12.1. The Hall–Kier alpha value is -5.78. The molecule has 13 heteroatoms. The van der Waals surface area contributed by atoms with Crippen molar-refractivity contribution in [3.8, 4) is 16.9 Å². The maximum atomic E-state index is 15.7. The Bertz CT molecular complexity index is 2950. The molecular formula is C50H53Cl2N7O4. The van der Waals surface area contributed by atoms with Gasteiger partial charge in [0.15, 0.2) is 5.69 Å². The summed E-state index contributed by atoms with van der Waals surface area (Å²) in [7, 11) is 1.92. The van der Waals surface area contributed by atoms with Crippen LogP contribution in [0.2, 0.25) is 10.0 Å². The van der Waals surface area contributed by atoms with E-state index in [1.807, 2.05) is 106 Å². The topological polar surface area (TPSA) is 111 Å². The number of carbonyl (C=O) groups is 2. The van der Waals surface area contributed by atoms with Gasteiger partial charge in [0.25, 0.3) is 5.91 Å². The van der Waals surface area contributed by atoms with E-state index >= 15 is 4.79 Å². The van der Waals surface area contributed by atoms with Gasteiger partial charge in [0.1, 0.15) is 11.4 Å². The molecular weight excluding hydrogens is 834 g/mol. The zero-order chi connectivity index (χ0) is 44.4. The highest BCUT2D eigenvalue weighted by atomic mass is 35.5. The van der Waals surface area contributed by atoms with E-state index in [0.717, 1.165) is 109 Å². The first-order chi connectivity index (χ1) is 30.2. The highest BCUT2D eigenvalue weighted by molar-refractivity contribution is 6.35. The number of aryl methyl sites for hydroxylation is 6. The van der Waals surface area contributed by atoms with E-state index in [1.165, 1.54) is 6.42 Å². The Labute approximate surface area is 377 Å². The molecule has 1 fully saturated rings. The average Bonchev–Trinajstić information content (AvgIpc) is 3.85. The van der Waals surface area contributed by atoms with E-state index in [-0.39, 0.29) is 30.7 Å². The molecule has 7 aromatic rings. The smallest absolute Gasteiger partial charge is 0.354 e. The van der Waals surface area contributed by atoms with Crippen LogP contribution in [0.25, 0.3) is 32.9 Å². The molecule has 63 heavy (non-hydrogen) atoms. The van der Waals surface area contributed by atoms with Gasteiger partial charge in [-0.25, -0.2) is 4.79 Å². The Kier molecular flexibility index (Phi) is 11.3. The van der Waals surface area contributed by atoms with Gasteiger partial charge in [0.05, 0.1) is 46.3 Å². The summed E-state index contributed by atoms with van der Waals surface area (Å²) >= 11 is 13.7. The third-order valence-corrected chi connectivity index (χ3v) is 14.0. The number of fused-ring (bicyclic) bond motifs is 4. The zero-order valence-corrected chi connectivity index (χ0v) is 38.5. The van der Waals surface area contributed by atoms with Gasteiger partial charge in [-0.2, -0.15) is 5.10 Å². The van der Waals surface area contributed by atoms with Gasteiger partial charge in [0, 0.05) is 77.2 Å². The summed E-state index contributed by atoms with van der Waals surface area (Å²) in [5.41, 5.74) is 11.7. The number of hydrogen-bond acceptors (Lipinski definition) is 6. The van der Waals surface area contributed by atoms with Crippen molar-refractivity contribution in [2.24, 2.45) is 7.05 Å². The molecule has 4 aromatic heterocycles. The van der Waals surface area contributed by atoms with E-state index in [9.17, 15) is 9.90 Å².